The molecule has 3 aromatic rings. The lowest BCUT2D eigenvalue weighted by molar-refractivity contribution is -0.141. The number of piperidine rings is 1. The van der Waals surface area contributed by atoms with Gasteiger partial charge in [-0.1, -0.05) is 12.1 Å². The Morgan fingerprint density at radius 3 is 2.27 bits per heavy atom. The monoisotopic (exact) mass is 548 g/mol. The van der Waals surface area contributed by atoms with Gasteiger partial charge < -0.3 is 35.0 Å². The number of nitrogens with zero attached hydrogens (tertiary/aromatic N) is 5. The van der Waals surface area contributed by atoms with Crippen LogP contribution >= 0.6 is 0 Å². The second kappa shape index (κ2) is 11.1. The van der Waals surface area contributed by atoms with Crippen LogP contribution in [0, 0.1) is 11.7 Å². The summed E-state index contributed by atoms with van der Waals surface area (Å²) in [5.74, 6) is 0.660. The second-order valence-corrected chi connectivity index (χ2v) is 11.0. The van der Waals surface area contributed by atoms with E-state index in [9.17, 15) is 5.11 Å². The van der Waals surface area contributed by atoms with Crippen molar-refractivity contribution in [2.75, 3.05) is 60.8 Å². The molecular weight excluding hydrogens is 511 g/mol. The predicted octanol–water partition coefficient (Wildman–Crippen LogP) is 4.26. The van der Waals surface area contributed by atoms with Crippen LogP contribution in [0.15, 0.2) is 48.5 Å². The molecule has 2 bridgehead atoms. The lowest BCUT2D eigenvalue weighted by Crippen LogP contribution is -2.54. The summed E-state index contributed by atoms with van der Waals surface area (Å²) >= 11 is 0. The number of anilines is 4. The smallest absolute Gasteiger partial charge is 0.169 e. The van der Waals surface area contributed by atoms with Gasteiger partial charge in [-0.2, -0.15) is 0 Å². The molecular formula is C30H37FN6O3. The Kier molecular flexibility index (Phi) is 7.37. The van der Waals surface area contributed by atoms with Crippen molar-refractivity contribution in [2.24, 2.45) is 5.92 Å². The summed E-state index contributed by atoms with van der Waals surface area (Å²) < 4.78 is 26.0. The molecule has 0 saturated carbocycles. The summed E-state index contributed by atoms with van der Waals surface area (Å²) in [4.78, 5) is 6.90. The zero-order chi connectivity index (χ0) is 27.8. The molecule has 9 nitrogen and oxygen atoms in total. The Morgan fingerprint density at radius 1 is 0.900 bits per heavy atom. The molecule has 3 aliphatic heterocycles. The van der Waals surface area contributed by atoms with Crippen LogP contribution in [0.3, 0.4) is 0 Å². The van der Waals surface area contributed by atoms with E-state index in [0.29, 0.717) is 28.7 Å². The van der Waals surface area contributed by atoms with E-state index in [-0.39, 0.29) is 29.9 Å². The third kappa shape index (κ3) is 4.90. The number of methoxy groups -OCH3 is 2. The fourth-order valence-electron chi connectivity index (χ4n) is 6.79. The van der Waals surface area contributed by atoms with Gasteiger partial charge >= 0.3 is 0 Å². The number of halogens is 1. The molecule has 1 aromatic heterocycles. The number of benzene rings is 2. The number of nitrogen functional groups attached to an aromatic ring is 1. The van der Waals surface area contributed by atoms with Crippen LogP contribution in [0.2, 0.25) is 0 Å². The maximum atomic E-state index is 15.1. The Bertz CT molecular complexity index is 1330. The largest absolute Gasteiger partial charge is 0.507 e. The first-order valence-corrected chi connectivity index (χ1v) is 14.0. The van der Waals surface area contributed by atoms with Crippen LogP contribution in [0.25, 0.3) is 11.3 Å². The first-order valence-electron chi connectivity index (χ1n) is 14.0. The highest BCUT2D eigenvalue weighted by molar-refractivity contribution is 5.74. The first-order chi connectivity index (χ1) is 19.5. The predicted molar refractivity (Wildman–Crippen MR) is 154 cm³/mol. The lowest BCUT2D eigenvalue weighted by atomic mass is 9.95. The number of phenols is 1. The van der Waals surface area contributed by atoms with Crippen molar-refractivity contribution in [3.63, 3.8) is 0 Å². The van der Waals surface area contributed by atoms with Crippen molar-refractivity contribution in [1.82, 2.24) is 10.2 Å². The number of phenolic OH excluding ortho intramolecular Hbond substituents is 1. The number of nitrogens with two attached hydrogens (primary N) is 1. The number of rotatable bonds is 7. The lowest BCUT2D eigenvalue weighted by Gasteiger charge is -2.44. The molecule has 3 saturated heterocycles. The number of fused-ring (bicyclic) bond motifs is 2. The van der Waals surface area contributed by atoms with E-state index >= 15 is 4.39 Å². The molecule has 3 fully saturated rings. The molecule has 2 unspecified atom stereocenters. The standard InChI is InChI=1S/C30H37FN6O3/c1-39-30(40-2)19-11-13-35(14-12-19)26-15-20(9-10-24(26)31)37-21-7-8-22(37)18-36(17-21)27-16-25(33-34-29(27)32)23-5-3-4-6-28(23)38/h3-6,9-10,15-16,19,21-22,30,38H,7-8,11-14,17-18H2,1-2H3,(H2,32,34). The van der Waals surface area contributed by atoms with Crippen LogP contribution in [0.1, 0.15) is 25.7 Å². The minimum Gasteiger partial charge on any atom is -0.507 e. The molecule has 0 aliphatic carbocycles. The van der Waals surface area contributed by atoms with E-state index in [1.165, 1.54) is 0 Å². The maximum Gasteiger partial charge on any atom is 0.169 e. The molecule has 0 amide bonds. The molecule has 212 valence electrons. The van der Waals surface area contributed by atoms with Crippen LogP contribution in [0.5, 0.6) is 5.75 Å². The van der Waals surface area contributed by atoms with E-state index in [0.717, 1.165) is 63.2 Å². The van der Waals surface area contributed by atoms with Crippen molar-refractivity contribution in [3.05, 3.63) is 54.3 Å². The molecule has 2 atom stereocenters. The molecule has 3 N–H and O–H groups in total. The number of hydrogen-bond donors (Lipinski definition) is 2. The van der Waals surface area contributed by atoms with E-state index < -0.39 is 0 Å². The number of aromatic hydroxyl groups is 1. The molecule has 10 heteroatoms. The van der Waals surface area contributed by atoms with Crippen LogP contribution in [-0.2, 0) is 9.47 Å². The highest BCUT2D eigenvalue weighted by atomic mass is 19.1. The number of ether oxygens (including phenoxy) is 2. The fourth-order valence-corrected chi connectivity index (χ4v) is 6.79. The van der Waals surface area contributed by atoms with Gasteiger partial charge in [-0.3, -0.25) is 0 Å². The highest BCUT2D eigenvalue weighted by Crippen LogP contribution is 2.40. The van der Waals surface area contributed by atoms with Gasteiger partial charge in [-0.15, -0.1) is 10.2 Å². The molecule has 3 aliphatic rings. The quantitative estimate of drug-likeness (QED) is 0.420. The zero-order valence-electron chi connectivity index (χ0n) is 23.0. The van der Waals surface area contributed by atoms with Crippen molar-refractivity contribution in [2.45, 2.75) is 44.1 Å². The molecule has 40 heavy (non-hydrogen) atoms. The van der Waals surface area contributed by atoms with Gasteiger partial charge in [0.15, 0.2) is 12.1 Å². The van der Waals surface area contributed by atoms with Crippen LogP contribution < -0.4 is 20.4 Å². The first kappa shape index (κ1) is 26.6. The van der Waals surface area contributed by atoms with Crippen molar-refractivity contribution < 1.29 is 19.0 Å². The minimum atomic E-state index is -0.218. The number of piperazine rings is 1. The van der Waals surface area contributed by atoms with Gasteiger partial charge in [-0.25, -0.2) is 4.39 Å². The van der Waals surface area contributed by atoms with Gasteiger partial charge in [-0.05, 0) is 62.1 Å². The summed E-state index contributed by atoms with van der Waals surface area (Å²) in [6.45, 7) is 3.09. The topological polar surface area (TPSA) is 100 Å². The van der Waals surface area contributed by atoms with Crippen molar-refractivity contribution in [1.29, 1.82) is 0 Å². The van der Waals surface area contributed by atoms with Crippen molar-refractivity contribution >= 4 is 22.9 Å². The Labute approximate surface area is 234 Å². The second-order valence-electron chi connectivity index (χ2n) is 11.0. The number of hydrogen-bond acceptors (Lipinski definition) is 9. The van der Waals surface area contributed by atoms with Crippen LogP contribution in [-0.4, -0.2) is 74.1 Å². The van der Waals surface area contributed by atoms with E-state index in [1.54, 1.807) is 32.4 Å². The normalized spacial score (nSPS) is 21.4. The Balaban J connectivity index is 1.20. The van der Waals surface area contributed by atoms with Crippen molar-refractivity contribution in [3.8, 4) is 17.0 Å². The third-order valence-electron chi connectivity index (χ3n) is 8.76. The fraction of sp³-hybridized carbons (Fsp3) is 0.467. The Morgan fingerprint density at radius 2 is 1.60 bits per heavy atom. The summed E-state index contributed by atoms with van der Waals surface area (Å²) in [5.41, 5.74) is 10.1. The van der Waals surface area contributed by atoms with Gasteiger partial charge in [0.1, 0.15) is 11.6 Å². The molecule has 0 radical (unpaired) electrons. The van der Waals surface area contributed by atoms with E-state index in [2.05, 4.69) is 24.9 Å². The van der Waals surface area contributed by atoms with Gasteiger partial charge in [0.2, 0.25) is 0 Å². The Hall–Kier alpha value is -3.63. The molecule has 6 rings (SSSR count). The molecule has 0 spiro atoms. The van der Waals surface area contributed by atoms with Gasteiger partial charge in [0.25, 0.3) is 0 Å². The minimum absolute atomic E-state index is 0.158. The number of para-hydroxylation sites is 1. The average molecular weight is 549 g/mol. The maximum absolute atomic E-state index is 15.1. The highest BCUT2D eigenvalue weighted by Gasteiger charge is 2.41. The van der Waals surface area contributed by atoms with Gasteiger partial charge in [0, 0.05) is 69.7 Å². The number of aromatic nitrogens is 2. The zero-order valence-corrected chi connectivity index (χ0v) is 23.0. The summed E-state index contributed by atoms with van der Waals surface area (Å²) in [6, 6.07) is 15.1. The average Bonchev–Trinajstić information content (AvgIpc) is 3.24. The molecule has 2 aromatic carbocycles. The van der Waals surface area contributed by atoms with Gasteiger partial charge in [0.05, 0.1) is 17.1 Å². The molecule has 4 heterocycles. The summed E-state index contributed by atoms with van der Waals surface area (Å²) in [6.07, 6.45) is 3.68. The van der Waals surface area contributed by atoms with E-state index in [1.807, 2.05) is 30.3 Å². The SMILES string of the molecule is COC(OC)C1CCN(c2cc(N3C4CCC3CN(c3cc(-c5ccccc5O)nnc3N)C4)ccc2F)CC1. The summed E-state index contributed by atoms with van der Waals surface area (Å²) in [5, 5.41) is 18.8. The summed E-state index contributed by atoms with van der Waals surface area (Å²) in [7, 11) is 3.34. The third-order valence-corrected chi connectivity index (χ3v) is 8.76. The van der Waals surface area contributed by atoms with Crippen LogP contribution in [0.4, 0.5) is 27.3 Å². The van der Waals surface area contributed by atoms with E-state index in [4.69, 9.17) is 15.2 Å².